The van der Waals surface area contributed by atoms with Crippen molar-refractivity contribution in [2.24, 2.45) is 0 Å². The van der Waals surface area contributed by atoms with Gasteiger partial charge >= 0.3 is 11.9 Å². The van der Waals surface area contributed by atoms with Crippen LogP contribution in [0, 0.1) is 6.92 Å². The van der Waals surface area contributed by atoms with E-state index in [2.05, 4.69) is 0 Å². The Labute approximate surface area is 123 Å². The number of carbonyl (C=O) groups excluding carboxylic acids is 2. The van der Waals surface area contributed by atoms with Gasteiger partial charge in [0.1, 0.15) is 0 Å². The third-order valence-corrected chi connectivity index (χ3v) is 3.24. The smallest absolute Gasteiger partial charge is 0.339 e. The van der Waals surface area contributed by atoms with E-state index in [0.29, 0.717) is 5.56 Å². The molecule has 0 aliphatic carbocycles. The van der Waals surface area contributed by atoms with Gasteiger partial charge in [-0.3, -0.25) is 0 Å². The van der Waals surface area contributed by atoms with Gasteiger partial charge in [-0.2, -0.15) is 0 Å². The number of methoxy groups -OCH3 is 2. The van der Waals surface area contributed by atoms with Crippen molar-refractivity contribution in [3.8, 4) is 11.1 Å². The van der Waals surface area contributed by atoms with Gasteiger partial charge in [0.15, 0.2) is 0 Å². The van der Waals surface area contributed by atoms with Crippen LogP contribution in [-0.4, -0.2) is 26.2 Å². The van der Waals surface area contributed by atoms with Crippen LogP contribution >= 0.6 is 0 Å². The average Bonchev–Trinajstić information content (AvgIpc) is 2.53. The minimum atomic E-state index is -0.559. The normalized spacial score (nSPS) is 10.0. The van der Waals surface area contributed by atoms with Gasteiger partial charge in [-0.1, -0.05) is 36.4 Å². The molecule has 2 aromatic carbocycles. The average molecular weight is 284 g/mol. The summed E-state index contributed by atoms with van der Waals surface area (Å²) in [6, 6.07) is 13.1. The minimum Gasteiger partial charge on any atom is -0.465 e. The highest BCUT2D eigenvalue weighted by Gasteiger charge is 2.22. The van der Waals surface area contributed by atoms with Crippen LogP contribution in [0.25, 0.3) is 11.1 Å². The van der Waals surface area contributed by atoms with Gasteiger partial charge in [0.2, 0.25) is 0 Å². The van der Waals surface area contributed by atoms with E-state index in [1.54, 1.807) is 13.0 Å². The summed E-state index contributed by atoms with van der Waals surface area (Å²) < 4.78 is 9.52. The quantitative estimate of drug-likeness (QED) is 0.812. The first-order chi connectivity index (χ1) is 10.1. The molecule has 21 heavy (non-hydrogen) atoms. The van der Waals surface area contributed by atoms with E-state index in [4.69, 9.17) is 9.47 Å². The largest absolute Gasteiger partial charge is 0.465 e. The molecule has 0 unspecified atom stereocenters. The van der Waals surface area contributed by atoms with Gasteiger partial charge in [0, 0.05) is 0 Å². The summed E-state index contributed by atoms with van der Waals surface area (Å²) in [6.07, 6.45) is 0. The van der Waals surface area contributed by atoms with Crippen LogP contribution in [0.15, 0.2) is 42.5 Å². The highest BCUT2D eigenvalue weighted by molar-refractivity contribution is 6.05. The van der Waals surface area contributed by atoms with Crippen LogP contribution in [0.1, 0.15) is 26.3 Å². The van der Waals surface area contributed by atoms with Crippen molar-refractivity contribution in [3.05, 3.63) is 59.2 Å². The van der Waals surface area contributed by atoms with Gasteiger partial charge in [-0.15, -0.1) is 0 Å². The molecule has 4 nitrogen and oxygen atoms in total. The van der Waals surface area contributed by atoms with Crippen LogP contribution in [0.4, 0.5) is 0 Å². The Morgan fingerprint density at radius 2 is 1.48 bits per heavy atom. The molecule has 0 radical (unpaired) electrons. The molecular formula is C17H16O4. The number of esters is 2. The molecule has 0 aliphatic heterocycles. The molecule has 0 spiro atoms. The van der Waals surface area contributed by atoms with Crippen molar-refractivity contribution in [2.45, 2.75) is 6.92 Å². The first kappa shape index (κ1) is 14.8. The summed E-state index contributed by atoms with van der Waals surface area (Å²) in [5.41, 5.74) is 2.93. The molecule has 0 N–H and O–H groups in total. The molecule has 2 aromatic rings. The number of rotatable bonds is 3. The standard InChI is InChI=1S/C17H16O4/c1-11-9-13(12-7-5-4-6-8-12)10-14(16(18)20-2)15(11)17(19)21-3/h4-10H,1-3H3. The maximum atomic E-state index is 12.0. The predicted molar refractivity (Wildman–Crippen MR) is 79.3 cm³/mol. The van der Waals surface area contributed by atoms with Crippen molar-refractivity contribution in [3.63, 3.8) is 0 Å². The van der Waals surface area contributed by atoms with Crippen molar-refractivity contribution in [1.29, 1.82) is 0 Å². The third kappa shape index (κ3) is 2.94. The third-order valence-electron chi connectivity index (χ3n) is 3.24. The van der Waals surface area contributed by atoms with Crippen LogP contribution in [0.5, 0.6) is 0 Å². The number of aryl methyl sites for hydroxylation is 1. The van der Waals surface area contributed by atoms with Crippen LogP contribution < -0.4 is 0 Å². The van der Waals surface area contributed by atoms with Gasteiger partial charge in [0.05, 0.1) is 25.3 Å². The number of ether oxygens (including phenoxy) is 2. The highest BCUT2D eigenvalue weighted by Crippen LogP contribution is 2.26. The molecule has 108 valence electrons. The fraction of sp³-hybridized carbons (Fsp3) is 0.176. The maximum absolute atomic E-state index is 12.0. The zero-order valence-corrected chi connectivity index (χ0v) is 12.2. The first-order valence-corrected chi connectivity index (χ1v) is 6.45. The fourth-order valence-electron chi connectivity index (χ4n) is 2.23. The lowest BCUT2D eigenvalue weighted by atomic mass is 9.95. The Morgan fingerprint density at radius 3 is 2.05 bits per heavy atom. The Kier molecular flexibility index (Phi) is 4.38. The van der Waals surface area contributed by atoms with E-state index in [1.165, 1.54) is 14.2 Å². The molecule has 0 saturated carbocycles. The Balaban J connectivity index is 2.66. The molecule has 0 aliphatic rings. The topological polar surface area (TPSA) is 52.6 Å². The number of carbonyl (C=O) groups is 2. The van der Waals surface area contributed by atoms with Gasteiger partial charge in [-0.25, -0.2) is 9.59 Å². The first-order valence-electron chi connectivity index (χ1n) is 6.45. The molecule has 2 rings (SSSR count). The van der Waals surface area contributed by atoms with Crippen LogP contribution in [0.3, 0.4) is 0 Å². The molecule has 0 saturated heterocycles. The zero-order chi connectivity index (χ0) is 15.4. The Hall–Kier alpha value is -2.62. The van der Waals surface area contributed by atoms with E-state index in [9.17, 15) is 9.59 Å². The van der Waals surface area contributed by atoms with Crippen LogP contribution in [-0.2, 0) is 9.47 Å². The van der Waals surface area contributed by atoms with E-state index in [1.807, 2.05) is 36.4 Å². The number of hydrogen-bond donors (Lipinski definition) is 0. The number of hydrogen-bond acceptors (Lipinski definition) is 4. The van der Waals surface area contributed by atoms with Gasteiger partial charge < -0.3 is 9.47 Å². The lowest BCUT2D eigenvalue weighted by Crippen LogP contribution is -2.14. The second-order valence-corrected chi connectivity index (χ2v) is 4.56. The zero-order valence-electron chi connectivity index (χ0n) is 12.2. The Morgan fingerprint density at radius 1 is 0.857 bits per heavy atom. The van der Waals surface area contributed by atoms with E-state index < -0.39 is 11.9 Å². The monoisotopic (exact) mass is 284 g/mol. The highest BCUT2D eigenvalue weighted by atomic mass is 16.5. The molecule has 0 amide bonds. The molecule has 0 atom stereocenters. The lowest BCUT2D eigenvalue weighted by Gasteiger charge is -2.12. The summed E-state index contributed by atoms with van der Waals surface area (Å²) in [5.74, 6) is -1.11. The summed E-state index contributed by atoms with van der Waals surface area (Å²) in [7, 11) is 2.57. The summed E-state index contributed by atoms with van der Waals surface area (Å²) in [6.45, 7) is 1.77. The Bertz CT molecular complexity index is 675. The van der Waals surface area contributed by atoms with Crippen LogP contribution in [0.2, 0.25) is 0 Å². The summed E-state index contributed by atoms with van der Waals surface area (Å²) >= 11 is 0. The number of benzene rings is 2. The molecule has 4 heteroatoms. The van der Waals surface area contributed by atoms with Gasteiger partial charge in [0.25, 0.3) is 0 Å². The molecular weight excluding hydrogens is 268 g/mol. The SMILES string of the molecule is COC(=O)c1cc(-c2ccccc2)cc(C)c1C(=O)OC. The summed E-state index contributed by atoms with van der Waals surface area (Å²) in [5, 5.41) is 0. The second-order valence-electron chi connectivity index (χ2n) is 4.56. The molecule has 0 fully saturated rings. The van der Waals surface area contributed by atoms with Gasteiger partial charge in [-0.05, 0) is 29.7 Å². The fourth-order valence-corrected chi connectivity index (χ4v) is 2.23. The van der Waals surface area contributed by atoms with Crippen molar-refractivity contribution in [2.75, 3.05) is 14.2 Å². The minimum absolute atomic E-state index is 0.211. The van der Waals surface area contributed by atoms with Crippen molar-refractivity contribution >= 4 is 11.9 Å². The molecule has 0 heterocycles. The predicted octanol–water partition coefficient (Wildman–Crippen LogP) is 3.24. The van der Waals surface area contributed by atoms with Crippen molar-refractivity contribution < 1.29 is 19.1 Å². The second kappa shape index (κ2) is 6.22. The van der Waals surface area contributed by atoms with E-state index >= 15 is 0 Å². The molecule has 0 bridgehead atoms. The maximum Gasteiger partial charge on any atom is 0.339 e. The summed E-state index contributed by atoms with van der Waals surface area (Å²) in [4.78, 5) is 23.9. The van der Waals surface area contributed by atoms with E-state index in [0.717, 1.165) is 11.1 Å². The van der Waals surface area contributed by atoms with E-state index in [-0.39, 0.29) is 11.1 Å². The molecule has 0 aromatic heterocycles. The van der Waals surface area contributed by atoms with Crippen molar-refractivity contribution in [1.82, 2.24) is 0 Å². The lowest BCUT2D eigenvalue weighted by molar-refractivity contribution is 0.0554.